The third-order valence-corrected chi connectivity index (χ3v) is 3.62. The minimum Gasteiger partial charge on any atom is -0.489 e. The molecule has 2 N–H and O–H groups in total. The molecule has 0 aromatic heterocycles. The normalized spacial score (nSPS) is 17.0. The molecule has 0 radical (unpaired) electrons. The minimum atomic E-state index is -0.610. The third-order valence-electron chi connectivity index (χ3n) is 3.62. The van der Waals surface area contributed by atoms with E-state index in [1.54, 1.807) is 24.3 Å². The molecule has 2 rings (SSSR count). The number of nitrogens with one attached hydrogen (secondary N) is 1. The molecule has 1 aromatic carbocycles. The molecule has 0 bridgehead atoms. The Morgan fingerprint density at radius 2 is 2.14 bits per heavy atom. The Morgan fingerprint density at radius 3 is 2.81 bits per heavy atom. The predicted octanol–water partition coefficient (Wildman–Crippen LogP) is 1.52. The molecule has 1 aliphatic rings. The molecule has 1 aromatic rings. The predicted molar refractivity (Wildman–Crippen MR) is 79.5 cm³/mol. The number of para-hydroxylation sites is 1. The number of ether oxygens (including phenoxy) is 2. The molecular weight excluding hydrogens is 270 g/mol. The fourth-order valence-corrected chi connectivity index (χ4v) is 2.32. The molecule has 0 spiro atoms. The number of aliphatic hydroxyl groups is 1. The summed E-state index contributed by atoms with van der Waals surface area (Å²) >= 11 is 0. The van der Waals surface area contributed by atoms with Crippen molar-refractivity contribution in [3.8, 4) is 5.75 Å². The van der Waals surface area contributed by atoms with Gasteiger partial charge in [0, 0.05) is 13.2 Å². The monoisotopic (exact) mass is 291 g/mol. The highest BCUT2D eigenvalue weighted by atomic mass is 16.5. The van der Waals surface area contributed by atoms with Gasteiger partial charge < -0.3 is 19.9 Å². The van der Waals surface area contributed by atoms with E-state index in [1.807, 2.05) is 6.07 Å². The van der Waals surface area contributed by atoms with E-state index in [0.717, 1.165) is 0 Å². The van der Waals surface area contributed by atoms with Gasteiger partial charge in [0.15, 0.2) is 0 Å². The van der Waals surface area contributed by atoms with Crippen LogP contribution in [0.15, 0.2) is 36.9 Å². The maximum absolute atomic E-state index is 12.5. The van der Waals surface area contributed by atoms with Crippen molar-refractivity contribution in [2.24, 2.45) is 0 Å². The third kappa shape index (κ3) is 3.83. The summed E-state index contributed by atoms with van der Waals surface area (Å²) in [6.07, 6.45) is 2.83. The molecule has 1 amide bonds. The van der Waals surface area contributed by atoms with Crippen LogP contribution in [0.1, 0.15) is 23.2 Å². The number of rotatable bonds is 6. The van der Waals surface area contributed by atoms with E-state index in [0.29, 0.717) is 44.0 Å². The summed E-state index contributed by atoms with van der Waals surface area (Å²) in [6.45, 7) is 4.91. The number of carbonyl (C=O) groups is 1. The largest absolute Gasteiger partial charge is 0.489 e. The SMILES string of the molecule is C=CCOc1ccccc1C(=O)NC1(CO)CCOCC1. The molecule has 1 aliphatic heterocycles. The standard InChI is InChI=1S/C16H21NO4/c1-2-9-21-14-6-4-3-5-13(14)15(19)17-16(12-18)7-10-20-11-8-16/h2-6,18H,1,7-12H2,(H,17,19). The first kappa shape index (κ1) is 15.5. The lowest BCUT2D eigenvalue weighted by Crippen LogP contribution is -2.54. The number of hydrogen-bond donors (Lipinski definition) is 2. The maximum Gasteiger partial charge on any atom is 0.255 e. The molecule has 1 saturated heterocycles. The van der Waals surface area contributed by atoms with Crippen molar-refractivity contribution < 1.29 is 19.4 Å². The van der Waals surface area contributed by atoms with Crippen LogP contribution in [0.3, 0.4) is 0 Å². The topological polar surface area (TPSA) is 67.8 Å². The van der Waals surface area contributed by atoms with Crippen LogP contribution in [0.5, 0.6) is 5.75 Å². The first-order chi connectivity index (χ1) is 10.2. The van der Waals surface area contributed by atoms with Gasteiger partial charge in [-0.2, -0.15) is 0 Å². The molecule has 1 fully saturated rings. The van der Waals surface area contributed by atoms with Gasteiger partial charge in [-0.1, -0.05) is 24.8 Å². The highest BCUT2D eigenvalue weighted by Gasteiger charge is 2.34. The Labute approximate surface area is 124 Å². The Morgan fingerprint density at radius 1 is 1.43 bits per heavy atom. The average molecular weight is 291 g/mol. The summed E-state index contributed by atoms with van der Waals surface area (Å²) in [6, 6.07) is 7.04. The zero-order chi connectivity index (χ0) is 15.1. The van der Waals surface area contributed by atoms with Gasteiger partial charge in [-0.15, -0.1) is 0 Å². The van der Waals surface area contributed by atoms with Crippen molar-refractivity contribution in [3.05, 3.63) is 42.5 Å². The smallest absolute Gasteiger partial charge is 0.255 e. The van der Waals surface area contributed by atoms with Crippen LogP contribution in [-0.4, -0.2) is 43.0 Å². The Balaban J connectivity index is 2.13. The minimum absolute atomic E-state index is 0.0994. The van der Waals surface area contributed by atoms with Crippen molar-refractivity contribution in [2.75, 3.05) is 26.4 Å². The first-order valence-corrected chi connectivity index (χ1v) is 7.05. The van der Waals surface area contributed by atoms with Gasteiger partial charge in [0.25, 0.3) is 5.91 Å². The molecule has 1 heterocycles. The molecular formula is C16H21NO4. The van der Waals surface area contributed by atoms with Gasteiger partial charge in [0.1, 0.15) is 12.4 Å². The summed E-state index contributed by atoms with van der Waals surface area (Å²) in [5.74, 6) is 0.265. The van der Waals surface area contributed by atoms with Crippen molar-refractivity contribution >= 4 is 5.91 Å². The van der Waals surface area contributed by atoms with Crippen LogP contribution in [0.25, 0.3) is 0 Å². The van der Waals surface area contributed by atoms with Crippen LogP contribution in [0.4, 0.5) is 0 Å². The lowest BCUT2D eigenvalue weighted by Gasteiger charge is -2.36. The second kappa shape index (κ2) is 7.24. The lowest BCUT2D eigenvalue weighted by molar-refractivity contribution is 0.0125. The van der Waals surface area contributed by atoms with Crippen molar-refractivity contribution in [3.63, 3.8) is 0 Å². The second-order valence-electron chi connectivity index (χ2n) is 5.10. The Hall–Kier alpha value is -1.85. The van der Waals surface area contributed by atoms with Crippen LogP contribution in [0.2, 0.25) is 0 Å². The number of benzene rings is 1. The highest BCUT2D eigenvalue weighted by molar-refractivity contribution is 5.97. The highest BCUT2D eigenvalue weighted by Crippen LogP contribution is 2.23. The summed E-state index contributed by atoms with van der Waals surface area (Å²) < 4.78 is 10.8. The van der Waals surface area contributed by atoms with E-state index in [9.17, 15) is 9.90 Å². The molecule has 21 heavy (non-hydrogen) atoms. The molecule has 114 valence electrons. The fourth-order valence-electron chi connectivity index (χ4n) is 2.32. The van der Waals surface area contributed by atoms with Gasteiger partial charge in [0.2, 0.25) is 0 Å². The van der Waals surface area contributed by atoms with E-state index in [2.05, 4.69) is 11.9 Å². The van der Waals surface area contributed by atoms with E-state index in [-0.39, 0.29) is 12.5 Å². The van der Waals surface area contributed by atoms with Gasteiger partial charge in [-0.3, -0.25) is 4.79 Å². The second-order valence-corrected chi connectivity index (χ2v) is 5.10. The lowest BCUT2D eigenvalue weighted by atomic mass is 9.90. The zero-order valence-electron chi connectivity index (χ0n) is 12.0. The van der Waals surface area contributed by atoms with Crippen molar-refractivity contribution in [1.82, 2.24) is 5.32 Å². The van der Waals surface area contributed by atoms with Crippen molar-refractivity contribution in [2.45, 2.75) is 18.4 Å². The van der Waals surface area contributed by atoms with Crippen LogP contribution >= 0.6 is 0 Å². The Kier molecular flexibility index (Phi) is 5.36. The fraction of sp³-hybridized carbons (Fsp3) is 0.438. The van der Waals surface area contributed by atoms with E-state index in [4.69, 9.17) is 9.47 Å². The van der Waals surface area contributed by atoms with E-state index < -0.39 is 5.54 Å². The molecule has 5 heteroatoms. The quantitative estimate of drug-likeness (QED) is 0.780. The summed E-state index contributed by atoms with van der Waals surface area (Å²) in [4.78, 5) is 12.5. The molecule has 0 unspecified atom stereocenters. The van der Waals surface area contributed by atoms with Gasteiger partial charge in [-0.25, -0.2) is 0 Å². The molecule has 0 atom stereocenters. The van der Waals surface area contributed by atoms with Crippen LogP contribution in [0, 0.1) is 0 Å². The molecule has 0 aliphatic carbocycles. The van der Waals surface area contributed by atoms with Gasteiger partial charge >= 0.3 is 0 Å². The zero-order valence-corrected chi connectivity index (χ0v) is 12.0. The summed E-state index contributed by atoms with van der Waals surface area (Å²) in [7, 11) is 0. The van der Waals surface area contributed by atoms with E-state index >= 15 is 0 Å². The first-order valence-electron chi connectivity index (χ1n) is 7.05. The van der Waals surface area contributed by atoms with Gasteiger partial charge in [0.05, 0.1) is 17.7 Å². The number of amides is 1. The van der Waals surface area contributed by atoms with Crippen LogP contribution < -0.4 is 10.1 Å². The van der Waals surface area contributed by atoms with Crippen LogP contribution in [-0.2, 0) is 4.74 Å². The number of aliphatic hydroxyl groups excluding tert-OH is 1. The average Bonchev–Trinajstić information content (AvgIpc) is 2.54. The number of hydrogen-bond acceptors (Lipinski definition) is 4. The van der Waals surface area contributed by atoms with Crippen molar-refractivity contribution in [1.29, 1.82) is 0 Å². The van der Waals surface area contributed by atoms with Gasteiger partial charge in [-0.05, 0) is 25.0 Å². The molecule has 5 nitrogen and oxygen atoms in total. The van der Waals surface area contributed by atoms with E-state index in [1.165, 1.54) is 0 Å². The summed E-state index contributed by atoms with van der Waals surface area (Å²) in [5, 5.41) is 12.6. The summed E-state index contributed by atoms with van der Waals surface area (Å²) in [5.41, 5.74) is -0.153. The molecule has 0 saturated carbocycles. The maximum atomic E-state index is 12.5. The number of carbonyl (C=O) groups excluding carboxylic acids is 1. The Bertz CT molecular complexity index is 495.